The highest BCUT2D eigenvalue weighted by Crippen LogP contribution is 2.19. The largest absolute Gasteiger partial charge is 0.473 e. The lowest BCUT2D eigenvalue weighted by Gasteiger charge is -2.23. The lowest BCUT2D eigenvalue weighted by atomic mass is 9.98. The van der Waals surface area contributed by atoms with Gasteiger partial charge in [-0.15, -0.1) is 0 Å². The normalized spacial score (nSPS) is 11.9. The van der Waals surface area contributed by atoms with Crippen LogP contribution >= 0.6 is 0 Å². The highest BCUT2D eigenvalue weighted by Gasteiger charge is 2.23. The van der Waals surface area contributed by atoms with Crippen molar-refractivity contribution in [3.8, 4) is 0 Å². The summed E-state index contributed by atoms with van der Waals surface area (Å²) in [5.41, 5.74) is -0.353. The molecule has 0 spiro atoms. The third-order valence-corrected chi connectivity index (χ3v) is 2.82. The van der Waals surface area contributed by atoms with Crippen molar-refractivity contribution in [3.63, 3.8) is 0 Å². The van der Waals surface area contributed by atoms with Gasteiger partial charge in [0.2, 0.25) is 0 Å². The van der Waals surface area contributed by atoms with Crippen LogP contribution in [-0.2, 0) is 19.1 Å². The molecular formula is C16H30O6. The first kappa shape index (κ1) is 22.7. The van der Waals surface area contributed by atoms with Crippen LogP contribution in [0.2, 0.25) is 0 Å². The molecule has 0 aromatic carbocycles. The van der Waals surface area contributed by atoms with Crippen molar-refractivity contribution >= 4 is 17.9 Å². The fourth-order valence-electron chi connectivity index (χ4n) is 1.69. The number of carboxylic acid groups (broad SMARTS) is 2. The van der Waals surface area contributed by atoms with Crippen molar-refractivity contribution in [2.45, 2.75) is 78.7 Å². The molecule has 0 aliphatic rings. The number of hydrogen-bond acceptors (Lipinski definition) is 4. The molecule has 0 amide bonds. The second kappa shape index (κ2) is 12.0. The second-order valence-corrected chi connectivity index (χ2v) is 6.10. The topological polar surface area (TPSA) is 101 Å². The zero-order valence-corrected chi connectivity index (χ0v) is 14.3. The molecule has 0 aliphatic carbocycles. The molecular weight excluding hydrogens is 288 g/mol. The molecule has 0 rings (SSSR count). The highest BCUT2D eigenvalue weighted by atomic mass is 16.6. The van der Waals surface area contributed by atoms with Crippen LogP contribution in [0.3, 0.4) is 0 Å². The van der Waals surface area contributed by atoms with Crippen molar-refractivity contribution in [3.05, 3.63) is 0 Å². The average Bonchev–Trinajstić information content (AvgIpc) is 2.37. The van der Waals surface area contributed by atoms with Gasteiger partial charge in [0.25, 0.3) is 0 Å². The maximum absolute atomic E-state index is 11.8. The van der Waals surface area contributed by atoms with Crippen LogP contribution in [0.5, 0.6) is 0 Å². The van der Waals surface area contributed by atoms with Crippen molar-refractivity contribution in [2.24, 2.45) is 5.92 Å². The Morgan fingerprint density at radius 2 is 1.45 bits per heavy atom. The molecule has 6 nitrogen and oxygen atoms in total. The molecule has 0 bridgehead atoms. The Balaban J connectivity index is 0. The van der Waals surface area contributed by atoms with Gasteiger partial charge < -0.3 is 14.9 Å². The molecule has 130 valence electrons. The SMILES string of the molecule is CCCCCCC(CC)C(=O)OC(C)(C)C.O=C(O)C(=O)O. The number of carboxylic acids is 2. The zero-order valence-electron chi connectivity index (χ0n) is 14.3. The molecule has 0 saturated carbocycles. The van der Waals surface area contributed by atoms with Crippen LogP contribution in [0.15, 0.2) is 0 Å². The van der Waals surface area contributed by atoms with Gasteiger partial charge >= 0.3 is 17.9 Å². The van der Waals surface area contributed by atoms with E-state index in [4.69, 9.17) is 24.5 Å². The van der Waals surface area contributed by atoms with E-state index in [1.54, 1.807) is 0 Å². The molecule has 0 saturated heterocycles. The van der Waals surface area contributed by atoms with E-state index in [2.05, 4.69) is 13.8 Å². The fraction of sp³-hybridized carbons (Fsp3) is 0.812. The number of hydrogen-bond donors (Lipinski definition) is 2. The monoisotopic (exact) mass is 318 g/mol. The molecule has 0 aliphatic heterocycles. The minimum absolute atomic E-state index is 0.0218. The van der Waals surface area contributed by atoms with E-state index in [9.17, 15) is 4.79 Å². The van der Waals surface area contributed by atoms with Gasteiger partial charge in [-0.05, 0) is 33.6 Å². The molecule has 0 radical (unpaired) electrons. The lowest BCUT2D eigenvalue weighted by Crippen LogP contribution is -2.28. The number of carbonyl (C=O) groups is 3. The maximum Gasteiger partial charge on any atom is 0.414 e. The number of ether oxygens (including phenoxy) is 1. The van der Waals surface area contributed by atoms with Gasteiger partial charge in [-0.3, -0.25) is 4.79 Å². The van der Waals surface area contributed by atoms with Crippen LogP contribution < -0.4 is 0 Å². The van der Waals surface area contributed by atoms with E-state index in [-0.39, 0.29) is 17.5 Å². The third-order valence-electron chi connectivity index (χ3n) is 2.82. The molecule has 1 atom stereocenters. The van der Waals surface area contributed by atoms with Crippen molar-refractivity contribution in [1.29, 1.82) is 0 Å². The Morgan fingerprint density at radius 3 is 1.77 bits per heavy atom. The fourth-order valence-corrected chi connectivity index (χ4v) is 1.69. The molecule has 0 aromatic heterocycles. The van der Waals surface area contributed by atoms with Crippen LogP contribution in [0, 0.1) is 5.92 Å². The first-order valence-corrected chi connectivity index (χ1v) is 7.74. The van der Waals surface area contributed by atoms with E-state index in [0.717, 1.165) is 19.3 Å². The number of rotatable bonds is 7. The summed E-state index contributed by atoms with van der Waals surface area (Å²) in [5.74, 6) is -3.58. The smallest absolute Gasteiger partial charge is 0.414 e. The van der Waals surface area contributed by atoms with Gasteiger partial charge in [0.1, 0.15) is 5.60 Å². The molecule has 22 heavy (non-hydrogen) atoms. The number of carbonyl (C=O) groups excluding carboxylic acids is 1. The Labute approximate surface area is 132 Å². The van der Waals surface area contributed by atoms with Gasteiger partial charge in [-0.2, -0.15) is 0 Å². The van der Waals surface area contributed by atoms with Crippen LogP contribution in [0.25, 0.3) is 0 Å². The molecule has 2 N–H and O–H groups in total. The first-order valence-electron chi connectivity index (χ1n) is 7.74. The summed E-state index contributed by atoms with van der Waals surface area (Å²) < 4.78 is 5.41. The Hall–Kier alpha value is -1.59. The summed E-state index contributed by atoms with van der Waals surface area (Å²) in [5, 5.41) is 14.8. The minimum Gasteiger partial charge on any atom is -0.473 e. The number of esters is 1. The van der Waals surface area contributed by atoms with Crippen molar-refractivity contribution < 1.29 is 29.3 Å². The van der Waals surface area contributed by atoms with Gasteiger partial charge in [0.05, 0.1) is 5.92 Å². The predicted octanol–water partition coefficient (Wildman–Crippen LogP) is 3.48. The van der Waals surface area contributed by atoms with Crippen LogP contribution in [0.1, 0.15) is 73.1 Å². The molecule has 0 heterocycles. The summed E-state index contributed by atoms with van der Waals surface area (Å²) in [6, 6.07) is 0. The molecule has 0 fully saturated rings. The summed E-state index contributed by atoms with van der Waals surface area (Å²) in [7, 11) is 0. The predicted molar refractivity (Wildman–Crippen MR) is 83.7 cm³/mol. The lowest BCUT2D eigenvalue weighted by molar-refractivity contribution is -0.160. The second-order valence-electron chi connectivity index (χ2n) is 6.10. The van der Waals surface area contributed by atoms with E-state index >= 15 is 0 Å². The number of unbranched alkanes of at least 4 members (excludes halogenated alkanes) is 3. The summed E-state index contributed by atoms with van der Waals surface area (Å²) in [6.45, 7) is 10.0. The van der Waals surface area contributed by atoms with Crippen LogP contribution in [0.4, 0.5) is 0 Å². The Morgan fingerprint density at radius 1 is 0.955 bits per heavy atom. The maximum atomic E-state index is 11.8. The van der Waals surface area contributed by atoms with E-state index in [0.29, 0.717) is 0 Å². The third kappa shape index (κ3) is 14.8. The minimum atomic E-state index is -1.82. The van der Waals surface area contributed by atoms with Crippen molar-refractivity contribution in [1.82, 2.24) is 0 Å². The summed E-state index contributed by atoms with van der Waals surface area (Å²) in [6.07, 6.45) is 6.75. The summed E-state index contributed by atoms with van der Waals surface area (Å²) >= 11 is 0. The van der Waals surface area contributed by atoms with Gasteiger partial charge in [0, 0.05) is 0 Å². The van der Waals surface area contributed by atoms with E-state index in [1.165, 1.54) is 19.3 Å². The standard InChI is InChI=1S/C14H28O2.C2H2O4/c1-6-8-9-10-11-12(7-2)13(15)16-14(3,4)5;3-1(4)2(5)6/h12H,6-11H2,1-5H3;(H,3,4)(H,5,6). The van der Waals surface area contributed by atoms with Crippen LogP contribution in [-0.4, -0.2) is 33.7 Å². The quantitative estimate of drug-likeness (QED) is 0.423. The van der Waals surface area contributed by atoms with E-state index < -0.39 is 11.9 Å². The zero-order chi connectivity index (χ0) is 17.8. The van der Waals surface area contributed by atoms with Gasteiger partial charge in [-0.25, -0.2) is 9.59 Å². The average molecular weight is 318 g/mol. The Kier molecular flexibility index (Phi) is 12.4. The molecule has 6 heteroatoms. The van der Waals surface area contributed by atoms with Gasteiger partial charge in [0.15, 0.2) is 0 Å². The van der Waals surface area contributed by atoms with Crippen molar-refractivity contribution in [2.75, 3.05) is 0 Å². The number of aliphatic carboxylic acids is 2. The highest BCUT2D eigenvalue weighted by molar-refractivity contribution is 6.27. The van der Waals surface area contributed by atoms with Gasteiger partial charge in [-0.1, -0.05) is 39.5 Å². The van der Waals surface area contributed by atoms with E-state index in [1.807, 2.05) is 20.8 Å². The molecule has 0 aromatic rings. The first-order chi connectivity index (χ1) is 10.0. The Bertz CT molecular complexity index is 331. The summed E-state index contributed by atoms with van der Waals surface area (Å²) in [4.78, 5) is 30.0. The molecule has 1 unspecified atom stereocenters.